The minimum atomic E-state index is 0.978. The van der Waals surface area contributed by atoms with Crippen molar-refractivity contribution in [1.29, 1.82) is 0 Å². The zero-order chi connectivity index (χ0) is 7.68. The highest BCUT2D eigenvalue weighted by molar-refractivity contribution is 8.13. The summed E-state index contributed by atoms with van der Waals surface area (Å²) in [6.07, 6.45) is 2.19. The predicted molar refractivity (Wildman–Crippen MR) is 48.9 cm³/mol. The topological polar surface area (TPSA) is 28.0 Å². The average Bonchev–Trinajstić information content (AvgIpc) is 2.47. The van der Waals surface area contributed by atoms with Gasteiger partial charge in [0, 0.05) is 19.5 Å². The Morgan fingerprint density at radius 1 is 1.64 bits per heavy atom. The van der Waals surface area contributed by atoms with Crippen LogP contribution in [0.15, 0.2) is 9.39 Å². The van der Waals surface area contributed by atoms with Crippen LogP contribution in [0, 0.1) is 0 Å². The van der Waals surface area contributed by atoms with Crippen LogP contribution in [0.25, 0.3) is 0 Å². The quantitative estimate of drug-likeness (QED) is 0.557. The minimum Gasteiger partial charge on any atom is -0.307 e. The Balaban J connectivity index is 2.19. The first kappa shape index (κ1) is 7.16. The molecule has 0 aromatic carbocycles. The number of aliphatic imine (C=N–C) groups is 1. The third kappa shape index (κ3) is 1.15. The van der Waals surface area contributed by atoms with Crippen LogP contribution in [0.1, 0.15) is 19.8 Å². The van der Waals surface area contributed by atoms with E-state index in [9.17, 15) is 0 Å². The van der Waals surface area contributed by atoms with Crippen molar-refractivity contribution in [2.45, 2.75) is 19.8 Å². The normalized spacial score (nSPS) is 22.8. The molecule has 0 aromatic rings. The third-order valence-corrected chi connectivity index (χ3v) is 2.69. The van der Waals surface area contributed by atoms with Gasteiger partial charge in [-0.3, -0.25) is 4.99 Å². The second kappa shape index (κ2) is 2.85. The van der Waals surface area contributed by atoms with E-state index in [0.717, 1.165) is 24.7 Å². The van der Waals surface area contributed by atoms with E-state index in [1.165, 1.54) is 24.2 Å². The van der Waals surface area contributed by atoms with Crippen LogP contribution in [0.3, 0.4) is 0 Å². The van der Waals surface area contributed by atoms with Crippen LogP contribution >= 0.6 is 11.9 Å². The molecule has 0 spiro atoms. The van der Waals surface area contributed by atoms with Gasteiger partial charge in [-0.05, 0) is 6.42 Å². The molecule has 0 unspecified atom stereocenters. The standard InChI is InChI=1S/C7H11N3S/c1-2-6-9-11-7-8-4-3-5-10(6)7/h2-5H2,1H3. The van der Waals surface area contributed by atoms with Crippen molar-refractivity contribution in [3.63, 3.8) is 0 Å². The van der Waals surface area contributed by atoms with E-state index in [2.05, 4.69) is 21.2 Å². The Labute approximate surface area is 70.7 Å². The lowest BCUT2D eigenvalue weighted by Crippen LogP contribution is -2.34. The second-order valence-electron chi connectivity index (χ2n) is 2.62. The summed E-state index contributed by atoms with van der Waals surface area (Å²) in [6, 6.07) is 0. The van der Waals surface area contributed by atoms with Gasteiger partial charge in [0.1, 0.15) is 5.84 Å². The van der Waals surface area contributed by atoms with Crippen LogP contribution in [0.4, 0.5) is 0 Å². The largest absolute Gasteiger partial charge is 0.307 e. The fourth-order valence-electron chi connectivity index (χ4n) is 1.30. The van der Waals surface area contributed by atoms with Gasteiger partial charge in [-0.1, -0.05) is 6.92 Å². The van der Waals surface area contributed by atoms with Crippen molar-refractivity contribution in [2.24, 2.45) is 9.39 Å². The zero-order valence-electron chi connectivity index (χ0n) is 6.58. The van der Waals surface area contributed by atoms with Crippen molar-refractivity contribution in [2.75, 3.05) is 13.1 Å². The van der Waals surface area contributed by atoms with Crippen LogP contribution in [-0.4, -0.2) is 29.0 Å². The molecular weight excluding hydrogens is 158 g/mol. The summed E-state index contributed by atoms with van der Waals surface area (Å²) in [5, 5.41) is 1.10. The van der Waals surface area contributed by atoms with E-state index in [0.29, 0.717) is 0 Å². The van der Waals surface area contributed by atoms with E-state index in [-0.39, 0.29) is 0 Å². The maximum atomic E-state index is 4.38. The molecular formula is C7H11N3S. The Hall–Kier alpha value is -0.510. The van der Waals surface area contributed by atoms with Crippen LogP contribution in [0.5, 0.6) is 0 Å². The molecule has 3 nitrogen and oxygen atoms in total. The maximum absolute atomic E-state index is 4.38. The van der Waals surface area contributed by atoms with Gasteiger partial charge < -0.3 is 4.90 Å². The van der Waals surface area contributed by atoms with Gasteiger partial charge in [-0.15, -0.1) is 0 Å². The van der Waals surface area contributed by atoms with E-state index in [1.54, 1.807) is 0 Å². The molecule has 0 radical (unpaired) electrons. The molecule has 0 aromatic heterocycles. The molecule has 60 valence electrons. The van der Waals surface area contributed by atoms with E-state index >= 15 is 0 Å². The highest BCUT2D eigenvalue weighted by atomic mass is 32.2. The van der Waals surface area contributed by atoms with E-state index < -0.39 is 0 Å². The van der Waals surface area contributed by atoms with Crippen molar-refractivity contribution in [1.82, 2.24) is 4.90 Å². The summed E-state index contributed by atoms with van der Waals surface area (Å²) in [7, 11) is 0. The summed E-state index contributed by atoms with van der Waals surface area (Å²) in [5.74, 6) is 1.19. The summed E-state index contributed by atoms with van der Waals surface area (Å²) < 4.78 is 4.33. The summed E-state index contributed by atoms with van der Waals surface area (Å²) in [6.45, 7) is 4.22. The predicted octanol–water partition coefficient (Wildman–Crippen LogP) is 1.52. The Morgan fingerprint density at radius 2 is 2.55 bits per heavy atom. The number of nitrogens with zero attached hydrogens (tertiary/aromatic N) is 3. The number of rotatable bonds is 1. The van der Waals surface area contributed by atoms with Crippen molar-refractivity contribution in [3.8, 4) is 0 Å². The lowest BCUT2D eigenvalue weighted by molar-refractivity contribution is 0.555. The lowest BCUT2D eigenvalue weighted by atomic mass is 10.3. The van der Waals surface area contributed by atoms with Gasteiger partial charge in [-0.25, -0.2) is 0 Å². The first-order chi connectivity index (χ1) is 5.42. The van der Waals surface area contributed by atoms with E-state index in [1.807, 2.05) is 0 Å². The molecule has 0 saturated carbocycles. The number of amidine groups is 2. The van der Waals surface area contributed by atoms with Crippen LogP contribution in [0.2, 0.25) is 0 Å². The minimum absolute atomic E-state index is 0.978. The zero-order valence-corrected chi connectivity index (χ0v) is 7.39. The highest BCUT2D eigenvalue weighted by Crippen LogP contribution is 2.24. The Kier molecular flexibility index (Phi) is 1.85. The highest BCUT2D eigenvalue weighted by Gasteiger charge is 2.24. The molecule has 11 heavy (non-hydrogen) atoms. The number of hydrogen-bond acceptors (Lipinski definition) is 4. The van der Waals surface area contributed by atoms with Crippen LogP contribution < -0.4 is 0 Å². The molecule has 0 bridgehead atoms. The summed E-state index contributed by atoms with van der Waals surface area (Å²) >= 11 is 1.52. The molecule has 0 fully saturated rings. The smallest absolute Gasteiger partial charge is 0.187 e. The summed E-state index contributed by atoms with van der Waals surface area (Å²) in [4.78, 5) is 6.61. The van der Waals surface area contributed by atoms with Crippen molar-refractivity contribution >= 4 is 23.0 Å². The number of fused-ring (bicyclic) bond motifs is 1. The molecule has 0 atom stereocenters. The molecule has 2 aliphatic rings. The fourth-order valence-corrected chi connectivity index (χ4v) is 2.16. The fraction of sp³-hybridized carbons (Fsp3) is 0.714. The van der Waals surface area contributed by atoms with Crippen molar-refractivity contribution < 1.29 is 0 Å². The van der Waals surface area contributed by atoms with Gasteiger partial charge in [0.05, 0.1) is 11.9 Å². The monoisotopic (exact) mass is 169 g/mol. The number of hydrogen-bond donors (Lipinski definition) is 0. The second-order valence-corrected chi connectivity index (χ2v) is 3.35. The van der Waals surface area contributed by atoms with Crippen molar-refractivity contribution in [3.05, 3.63) is 0 Å². The molecule has 0 N–H and O–H groups in total. The molecule has 4 heteroatoms. The Bertz CT molecular complexity index is 222. The SMILES string of the molecule is CCC1=NSC2=NCCCN12. The van der Waals surface area contributed by atoms with Crippen LogP contribution in [-0.2, 0) is 0 Å². The van der Waals surface area contributed by atoms with Gasteiger partial charge in [-0.2, -0.15) is 4.40 Å². The first-order valence-corrected chi connectivity index (χ1v) is 4.75. The van der Waals surface area contributed by atoms with Gasteiger partial charge in [0.15, 0.2) is 5.17 Å². The molecule has 0 aliphatic carbocycles. The third-order valence-electron chi connectivity index (χ3n) is 1.88. The molecule has 2 heterocycles. The molecule has 2 aliphatic heterocycles. The van der Waals surface area contributed by atoms with Gasteiger partial charge in [0.25, 0.3) is 0 Å². The van der Waals surface area contributed by atoms with Gasteiger partial charge >= 0.3 is 0 Å². The average molecular weight is 169 g/mol. The lowest BCUT2D eigenvalue weighted by Gasteiger charge is -2.22. The molecule has 2 rings (SSSR count). The maximum Gasteiger partial charge on any atom is 0.187 e. The van der Waals surface area contributed by atoms with E-state index in [4.69, 9.17) is 0 Å². The first-order valence-electron chi connectivity index (χ1n) is 3.97. The molecule has 0 amide bonds. The summed E-state index contributed by atoms with van der Waals surface area (Å²) in [5.41, 5.74) is 0. The molecule has 0 saturated heterocycles. The Morgan fingerprint density at radius 3 is 3.36 bits per heavy atom. The van der Waals surface area contributed by atoms with Gasteiger partial charge in [0.2, 0.25) is 0 Å².